The van der Waals surface area contributed by atoms with Crippen molar-refractivity contribution < 1.29 is 0 Å². The zero-order chi connectivity index (χ0) is 9.90. The highest BCUT2D eigenvalue weighted by Crippen LogP contribution is 2.20. The van der Waals surface area contributed by atoms with Gasteiger partial charge >= 0.3 is 0 Å². The van der Waals surface area contributed by atoms with Crippen molar-refractivity contribution in [2.45, 2.75) is 52.5 Å². The lowest BCUT2D eigenvalue weighted by Gasteiger charge is -2.19. The van der Waals surface area contributed by atoms with Gasteiger partial charge in [0.1, 0.15) is 5.82 Å². The second-order valence-corrected chi connectivity index (χ2v) is 4.55. The molecule has 13 heavy (non-hydrogen) atoms. The maximum absolute atomic E-state index is 4.40. The minimum Gasteiger partial charge on any atom is -0.335 e. The molecule has 0 bridgehead atoms. The van der Waals surface area contributed by atoms with Crippen LogP contribution in [0.2, 0.25) is 0 Å². The minimum atomic E-state index is 0.164. The Morgan fingerprint density at radius 2 is 2.08 bits per heavy atom. The van der Waals surface area contributed by atoms with E-state index in [2.05, 4.69) is 43.4 Å². The molecule has 0 fully saturated rings. The summed E-state index contributed by atoms with van der Waals surface area (Å²) in [5, 5.41) is 0. The summed E-state index contributed by atoms with van der Waals surface area (Å²) in [5.74, 6) is 1.20. The quantitative estimate of drug-likeness (QED) is 0.699. The van der Waals surface area contributed by atoms with Crippen LogP contribution in [0.15, 0.2) is 12.4 Å². The van der Waals surface area contributed by atoms with Gasteiger partial charge in [0.2, 0.25) is 0 Å². The van der Waals surface area contributed by atoms with E-state index in [1.807, 2.05) is 6.20 Å². The molecule has 0 atom stereocenters. The molecule has 0 radical (unpaired) electrons. The average Bonchev–Trinajstić information content (AvgIpc) is 2.47. The Hall–Kier alpha value is -0.790. The van der Waals surface area contributed by atoms with Crippen molar-refractivity contribution in [2.75, 3.05) is 0 Å². The zero-order valence-corrected chi connectivity index (χ0v) is 9.17. The Balaban J connectivity index is 2.77. The minimum absolute atomic E-state index is 0.164. The van der Waals surface area contributed by atoms with Gasteiger partial charge in [-0.15, -0.1) is 0 Å². The summed E-state index contributed by atoms with van der Waals surface area (Å²) in [6.07, 6.45) is 6.45. The van der Waals surface area contributed by atoms with E-state index in [1.54, 1.807) is 0 Å². The molecule has 0 spiro atoms. The van der Waals surface area contributed by atoms with Crippen molar-refractivity contribution in [3.8, 4) is 0 Å². The molecule has 1 rings (SSSR count). The van der Waals surface area contributed by atoms with Crippen molar-refractivity contribution in [1.82, 2.24) is 9.55 Å². The van der Waals surface area contributed by atoms with Crippen LogP contribution < -0.4 is 0 Å². The van der Waals surface area contributed by atoms with Gasteiger partial charge in [0, 0.05) is 24.4 Å². The molecule has 1 aromatic heterocycles. The number of aromatic nitrogens is 2. The second kappa shape index (κ2) is 3.95. The van der Waals surface area contributed by atoms with E-state index in [9.17, 15) is 0 Å². The van der Waals surface area contributed by atoms with Crippen molar-refractivity contribution in [3.05, 3.63) is 18.2 Å². The number of aryl methyl sites for hydroxylation is 1. The van der Waals surface area contributed by atoms with E-state index in [4.69, 9.17) is 0 Å². The van der Waals surface area contributed by atoms with Gasteiger partial charge in [-0.2, -0.15) is 0 Å². The van der Waals surface area contributed by atoms with Gasteiger partial charge in [0.15, 0.2) is 0 Å². The molecule has 0 aliphatic carbocycles. The summed E-state index contributed by atoms with van der Waals surface area (Å²) in [4.78, 5) is 4.40. The van der Waals surface area contributed by atoms with Gasteiger partial charge in [-0.3, -0.25) is 0 Å². The van der Waals surface area contributed by atoms with Gasteiger partial charge in [0.05, 0.1) is 0 Å². The van der Waals surface area contributed by atoms with Crippen LogP contribution in [-0.2, 0) is 12.0 Å². The Morgan fingerprint density at radius 3 is 2.62 bits per heavy atom. The van der Waals surface area contributed by atoms with Crippen LogP contribution in [0.5, 0.6) is 0 Å². The monoisotopic (exact) mass is 180 g/mol. The van der Waals surface area contributed by atoms with Crippen LogP contribution in [0.25, 0.3) is 0 Å². The molecule has 0 amide bonds. The first-order valence-corrected chi connectivity index (χ1v) is 5.07. The third-order valence-corrected chi connectivity index (χ3v) is 2.14. The lowest BCUT2D eigenvalue weighted by molar-refractivity contribution is 0.488. The third-order valence-electron chi connectivity index (χ3n) is 2.14. The predicted molar refractivity (Wildman–Crippen MR) is 55.8 cm³/mol. The van der Waals surface area contributed by atoms with Gasteiger partial charge in [-0.25, -0.2) is 4.98 Å². The average molecular weight is 180 g/mol. The van der Waals surface area contributed by atoms with Gasteiger partial charge < -0.3 is 4.57 Å². The van der Waals surface area contributed by atoms with E-state index < -0.39 is 0 Å². The highest BCUT2D eigenvalue weighted by Gasteiger charge is 2.18. The summed E-state index contributed by atoms with van der Waals surface area (Å²) < 4.78 is 2.27. The molecule has 0 aliphatic heterocycles. The number of unbranched alkanes of at least 4 members (excludes halogenated alkanes) is 1. The summed E-state index contributed by atoms with van der Waals surface area (Å²) in [7, 11) is 0. The van der Waals surface area contributed by atoms with Crippen molar-refractivity contribution in [3.63, 3.8) is 0 Å². The highest BCUT2D eigenvalue weighted by atomic mass is 15.1. The Bertz CT molecular complexity index is 255. The van der Waals surface area contributed by atoms with E-state index in [1.165, 1.54) is 18.7 Å². The molecule has 1 aromatic rings. The molecule has 0 aliphatic rings. The fourth-order valence-corrected chi connectivity index (χ4v) is 1.46. The molecule has 1 heterocycles. The van der Waals surface area contributed by atoms with Crippen LogP contribution in [-0.4, -0.2) is 9.55 Å². The molecular weight excluding hydrogens is 160 g/mol. The van der Waals surface area contributed by atoms with Crippen LogP contribution >= 0.6 is 0 Å². The number of nitrogens with zero attached hydrogens (tertiary/aromatic N) is 2. The molecule has 0 unspecified atom stereocenters. The van der Waals surface area contributed by atoms with Crippen molar-refractivity contribution in [2.24, 2.45) is 0 Å². The van der Waals surface area contributed by atoms with E-state index in [0.717, 1.165) is 6.54 Å². The highest BCUT2D eigenvalue weighted by molar-refractivity contribution is 5.04. The van der Waals surface area contributed by atoms with E-state index in [0.29, 0.717) is 0 Å². The topological polar surface area (TPSA) is 17.8 Å². The lowest BCUT2D eigenvalue weighted by atomic mass is 9.95. The van der Waals surface area contributed by atoms with Crippen LogP contribution in [0.4, 0.5) is 0 Å². The predicted octanol–water partition coefficient (Wildman–Crippen LogP) is 2.98. The third kappa shape index (κ3) is 2.58. The molecular formula is C11H20N2. The Morgan fingerprint density at radius 1 is 1.38 bits per heavy atom. The number of rotatable bonds is 3. The number of hydrogen-bond donors (Lipinski definition) is 0. The van der Waals surface area contributed by atoms with Crippen molar-refractivity contribution in [1.29, 1.82) is 0 Å². The standard InChI is InChI=1S/C11H20N2/c1-5-6-8-13-9-7-12-10(13)11(2,3)4/h7,9H,5-6,8H2,1-4H3. The van der Waals surface area contributed by atoms with Gasteiger partial charge in [-0.05, 0) is 6.42 Å². The molecule has 0 N–H and O–H groups in total. The normalized spacial score (nSPS) is 12.0. The zero-order valence-electron chi connectivity index (χ0n) is 9.17. The molecule has 0 aromatic carbocycles. The van der Waals surface area contributed by atoms with Gasteiger partial charge in [0.25, 0.3) is 0 Å². The molecule has 74 valence electrons. The van der Waals surface area contributed by atoms with E-state index in [-0.39, 0.29) is 5.41 Å². The van der Waals surface area contributed by atoms with E-state index >= 15 is 0 Å². The summed E-state index contributed by atoms with van der Waals surface area (Å²) >= 11 is 0. The lowest BCUT2D eigenvalue weighted by Crippen LogP contribution is -2.18. The van der Waals surface area contributed by atoms with Crippen molar-refractivity contribution >= 4 is 0 Å². The molecule has 0 saturated carbocycles. The van der Waals surface area contributed by atoms with Gasteiger partial charge in [-0.1, -0.05) is 34.1 Å². The first-order valence-electron chi connectivity index (χ1n) is 5.07. The fraction of sp³-hybridized carbons (Fsp3) is 0.727. The molecule has 2 nitrogen and oxygen atoms in total. The maximum atomic E-state index is 4.40. The summed E-state index contributed by atoms with van der Waals surface area (Å²) in [6, 6.07) is 0. The SMILES string of the molecule is CCCCn1ccnc1C(C)(C)C. The largest absolute Gasteiger partial charge is 0.335 e. The summed E-state index contributed by atoms with van der Waals surface area (Å²) in [6.45, 7) is 9.93. The smallest absolute Gasteiger partial charge is 0.114 e. The van der Waals surface area contributed by atoms with Crippen LogP contribution in [0.1, 0.15) is 46.4 Å². The molecule has 0 saturated heterocycles. The second-order valence-electron chi connectivity index (χ2n) is 4.55. The fourth-order valence-electron chi connectivity index (χ4n) is 1.46. The molecule has 2 heteroatoms. The first kappa shape index (κ1) is 10.3. The maximum Gasteiger partial charge on any atom is 0.114 e. The Labute approximate surface area is 81.0 Å². The Kier molecular flexibility index (Phi) is 3.12. The number of imidazole rings is 1. The van der Waals surface area contributed by atoms with Crippen LogP contribution in [0, 0.1) is 0 Å². The summed E-state index contributed by atoms with van der Waals surface area (Å²) in [5.41, 5.74) is 0.164. The first-order chi connectivity index (χ1) is 6.05. The number of hydrogen-bond acceptors (Lipinski definition) is 1. The van der Waals surface area contributed by atoms with Crippen LogP contribution in [0.3, 0.4) is 0 Å².